The number of aliphatic hydroxyl groups is 1. The van der Waals surface area contributed by atoms with E-state index < -0.39 is 5.60 Å². The molecule has 0 amide bonds. The zero-order chi connectivity index (χ0) is 10.9. The molecule has 0 aromatic heterocycles. The first-order valence-corrected chi connectivity index (χ1v) is 5.55. The number of rotatable bonds is 4. The molecule has 2 rings (SSSR count). The first kappa shape index (κ1) is 10.7. The van der Waals surface area contributed by atoms with E-state index in [-0.39, 0.29) is 5.54 Å². The third kappa shape index (κ3) is 2.58. The summed E-state index contributed by atoms with van der Waals surface area (Å²) in [6.07, 6.45) is 2.44. The summed E-state index contributed by atoms with van der Waals surface area (Å²) in [4.78, 5) is 0. The minimum atomic E-state index is -0.771. The fourth-order valence-electron chi connectivity index (χ4n) is 1.65. The first-order chi connectivity index (χ1) is 7.02. The lowest BCUT2D eigenvalue weighted by molar-refractivity contribution is 0.0533. The fraction of sp³-hybridized carbons (Fsp3) is 0.538. The van der Waals surface area contributed by atoms with Crippen molar-refractivity contribution in [2.75, 3.05) is 6.54 Å². The third-order valence-corrected chi connectivity index (χ3v) is 3.26. The third-order valence-electron chi connectivity index (χ3n) is 3.26. The van der Waals surface area contributed by atoms with Crippen molar-refractivity contribution in [2.24, 2.45) is 0 Å². The maximum absolute atomic E-state index is 10.3. The normalized spacial score (nSPS) is 22.1. The molecule has 1 unspecified atom stereocenters. The van der Waals surface area contributed by atoms with Gasteiger partial charge in [-0.1, -0.05) is 30.3 Å². The van der Waals surface area contributed by atoms with E-state index in [4.69, 9.17) is 0 Å². The summed E-state index contributed by atoms with van der Waals surface area (Å²) in [6.45, 7) is 4.68. The molecule has 1 saturated carbocycles. The number of β-amino-alcohol motifs (C(OH)–C–C–N with tert-alkyl or cyclic N) is 1. The highest BCUT2D eigenvalue weighted by Crippen LogP contribution is 2.35. The van der Waals surface area contributed by atoms with Gasteiger partial charge in [-0.3, -0.25) is 0 Å². The van der Waals surface area contributed by atoms with Crippen molar-refractivity contribution in [2.45, 2.75) is 37.8 Å². The summed E-state index contributed by atoms with van der Waals surface area (Å²) >= 11 is 0. The summed E-state index contributed by atoms with van der Waals surface area (Å²) in [5.74, 6) is 0. The van der Waals surface area contributed by atoms with Crippen LogP contribution in [0.2, 0.25) is 0 Å². The minimum Gasteiger partial charge on any atom is -0.384 e. The molecular weight excluding hydrogens is 186 g/mol. The predicted octanol–water partition coefficient (Wildman–Crippen LogP) is 2.04. The van der Waals surface area contributed by atoms with E-state index in [1.165, 1.54) is 12.8 Å². The summed E-state index contributed by atoms with van der Waals surface area (Å²) in [7, 11) is 0. The van der Waals surface area contributed by atoms with Gasteiger partial charge in [-0.05, 0) is 32.3 Å². The summed E-state index contributed by atoms with van der Waals surface area (Å²) in [6, 6.07) is 9.83. The van der Waals surface area contributed by atoms with E-state index in [0.29, 0.717) is 6.54 Å². The van der Waals surface area contributed by atoms with Crippen LogP contribution in [0.15, 0.2) is 30.3 Å². The van der Waals surface area contributed by atoms with Crippen LogP contribution in [-0.2, 0) is 5.60 Å². The van der Waals surface area contributed by atoms with Crippen LogP contribution in [0.3, 0.4) is 0 Å². The van der Waals surface area contributed by atoms with Gasteiger partial charge in [0.1, 0.15) is 0 Å². The molecule has 1 aromatic rings. The summed E-state index contributed by atoms with van der Waals surface area (Å²) in [5.41, 5.74) is 0.479. The van der Waals surface area contributed by atoms with E-state index in [1.807, 2.05) is 37.3 Å². The van der Waals surface area contributed by atoms with Crippen LogP contribution in [0.4, 0.5) is 0 Å². The van der Waals surface area contributed by atoms with Gasteiger partial charge in [0, 0.05) is 12.1 Å². The van der Waals surface area contributed by atoms with Gasteiger partial charge in [-0.25, -0.2) is 0 Å². The smallest absolute Gasteiger partial charge is 0.0992 e. The second-order valence-corrected chi connectivity index (χ2v) is 5.05. The first-order valence-electron chi connectivity index (χ1n) is 5.55. The second kappa shape index (κ2) is 3.62. The summed E-state index contributed by atoms with van der Waals surface area (Å²) in [5, 5.41) is 13.7. The molecule has 15 heavy (non-hydrogen) atoms. The lowest BCUT2D eigenvalue weighted by Crippen LogP contribution is -2.40. The molecule has 0 aliphatic heterocycles. The zero-order valence-electron chi connectivity index (χ0n) is 9.46. The molecule has 0 radical (unpaired) electrons. The number of hydrogen-bond donors (Lipinski definition) is 2. The average molecular weight is 205 g/mol. The topological polar surface area (TPSA) is 32.3 Å². The maximum atomic E-state index is 10.3. The average Bonchev–Trinajstić information content (AvgIpc) is 2.96. The highest BCUT2D eigenvalue weighted by atomic mass is 16.3. The van der Waals surface area contributed by atoms with Crippen LogP contribution < -0.4 is 5.32 Å². The van der Waals surface area contributed by atoms with Gasteiger partial charge < -0.3 is 10.4 Å². The van der Waals surface area contributed by atoms with Gasteiger partial charge >= 0.3 is 0 Å². The van der Waals surface area contributed by atoms with Crippen LogP contribution >= 0.6 is 0 Å². The van der Waals surface area contributed by atoms with Crippen molar-refractivity contribution in [1.29, 1.82) is 0 Å². The molecule has 1 atom stereocenters. The Balaban J connectivity index is 2.00. The lowest BCUT2D eigenvalue weighted by atomic mass is 9.96. The predicted molar refractivity (Wildman–Crippen MR) is 61.7 cm³/mol. The van der Waals surface area contributed by atoms with Gasteiger partial charge in [0.25, 0.3) is 0 Å². The van der Waals surface area contributed by atoms with Crippen molar-refractivity contribution in [3.8, 4) is 0 Å². The quantitative estimate of drug-likeness (QED) is 0.788. The Hall–Kier alpha value is -0.860. The Bertz CT molecular complexity index is 328. The molecule has 0 spiro atoms. The zero-order valence-corrected chi connectivity index (χ0v) is 9.46. The number of benzene rings is 1. The maximum Gasteiger partial charge on any atom is 0.0992 e. The molecule has 0 bridgehead atoms. The Kier molecular flexibility index (Phi) is 2.57. The Morgan fingerprint density at radius 1 is 1.33 bits per heavy atom. The highest BCUT2D eigenvalue weighted by molar-refractivity contribution is 5.22. The SMILES string of the molecule is CC1(NCC(C)(O)c2ccccc2)CC1. The molecule has 1 aromatic carbocycles. The van der Waals surface area contributed by atoms with Crippen LogP contribution in [-0.4, -0.2) is 17.2 Å². The lowest BCUT2D eigenvalue weighted by Gasteiger charge is -2.26. The van der Waals surface area contributed by atoms with Gasteiger partial charge in [0.2, 0.25) is 0 Å². The second-order valence-electron chi connectivity index (χ2n) is 5.05. The van der Waals surface area contributed by atoms with E-state index in [2.05, 4.69) is 12.2 Å². The number of nitrogens with one attached hydrogen (secondary N) is 1. The summed E-state index contributed by atoms with van der Waals surface area (Å²) < 4.78 is 0. The standard InChI is InChI=1S/C13H19NO/c1-12(8-9-12)14-10-13(2,15)11-6-4-3-5-7-11/h3-7,14-15H,8-10H2,1-2H3. The molecule has 2 heteroatoms. The molecule has 2 N–H and O–H groups in total. The number of hydrogen-bond acceptors (Lipinski definition) is 2. The molecule has 1 fully saturated rings. The molecular formula is C13H19NO. The Morgan fingerprint density at radius 3 is 2.47 bits per heavy atom. The Morgan fingerprint density at radius 2 is 1.93 bits per heavy atom. The molecule has 1 aliphatic carbocycles. The van der Waals surface area contributed by atoms with Gasteiger partial charge in [0.05, 0.1) is 5.60 Å². The van der Waals surface area contributed by atoms with Crippen molar-refractivity contribution >= 4 is 0 Å². The van der Waals surface area contributed by atoms with Crippen LogP contribution in [0.25, 0.3) is 0 Å². The Labute approximate surface area is 91.3 Å². The van der Waals surface area contributed by atoms with E-state index in [0.717, 1.165) is 5.56 Å². The van der Waals surface area contributed by atoms with Crippen molar-refractivity contribution in [3.63, 3.8) is 0 Å². The van der Waals surface area contributed by atoms with Crippen molar-refractivity contribution in [1.82, 2.24) is 5.32 Å². The van der Waals surface area contributed by atoms with Crippen LogP contribution in [0.1, 0.15) is 32.3 Å². The van der Waals surface area contributed by atoms with E-state index >= 15 is 0 Å². The largest absolute Gasteiger partial charge is 0.384 e. The van der Waals surface area contributed by atoms with E-state index in [1.54, 1.807) is 0 Å². The van der Waals surface area contributed by atoms with Gasteiger partial charge in [0.15, 0.2) is 0 Å². The van der Waals surface area contributed by atoms with Crippen LogP contribution in [0, 0.1) is 0 Å². The van der Waals surface area contributed by atoms with E-state index in [9.17, 15) is 5.11 Å². The highest BCUT2D eigenvalue weighted by Gasteiger charge is 2.38. The molecule has 82 valence electrons. The molecule has 2 nitrogen and oxygen atoms in total. The van der Waals surface area contributed by atoms with Gasteiger partial charge in [-0.2, -0.15) is 0 Å². The molecule has 1 aliphatic rings. The van der Waals surface area contributed by atoms with Crippen molar-refractivity contribution in [3.05, 3.63) is 35.9 Å². The molecule has 0 saturated heterocycles. The minimum absolute atomic E-state index is 0.277. The fourth-order valence-corrected chi connectivity index (χ4v) is 1.65. The monoisotopic (exact) mass is 205 g/mol. The van der Waals surface area contributed by atoms with Crippen LogP contribution in [0.5, 0.6) is 0 Å². The molecule has 0 heterocycles. The van der Waals surface area contributed by atoms with Crippen molar-refractivity contribution < 1.29 is 5.11 Å². The van der Waals surface area contributed by atoms with Gasteiger partial charge in [-0.15, -0.1) is 0 Å².